The number of benzene rings is 4. The van der Waals surface area contributed by atoms with Crippen LogP contribution < -0.4 is 0 Å². The van der Waals surface area contributed by atoms with Gasteiger partial charge in [-0.3, -0.25) is 0 Å². The molecule has 2 N–H and O–H groups in total. The molecule has 0 aliphatic heterocycles. The van der Waals surface area contributed by atoms with Gasteiger partial charge < -0.3 is 10.2 Å². The third kappa shape index (κ3) is 2.46. The van der Waals surface area contributed by atoms with E-state index in [0.717, 1.165) is 9.79 Å². The molecule has 0 spiro atoms. The van der Waals surface area contributed by atoms with Crippen LogP contribution in [0.3, 0.4) is 0 Å². The number of fused-ring (bicyclic) bond motifs is 2. The zero-order valence-electron chi connectivity index (χ0n) is 12.5. The summed E-state index contributed by atoms with van der Waals surface area (Å²) in [5.74, 6) is 0.382. The van der Waals surface area contributed by atoms with Crippen LogP contribution in [0.4, 0.5) is 0 Å². The van der Waals surface area contributed by atoms with E-state index in [1.807, 2.05) is 66.7 Å². The second kappa shape index (κ2) is 5.93. The molecule has 0 unspecified atom stereocenters. The SMILES string of the molecule is Oc1c2ccccc2c(O)c2c(Sc3ccc(Cl)cc3)cccc12. The van der Waals surface area contributed by atoms with Crippen LogP contribution in [0.15, 0.2) is 76.5 Å². The molecule has 0 bridgehead atoms. The van der Waals surface area contributed by atoms with Crippen molar-refractivity contribution in [3.8, 4) is 11.5 Å². The molecule has 0 fully saturated rings. The lowest BCUT2D eigenvalue weighted by Crippen LogP contribution is -1.84. The number of aromatic hydroxyl groups is 2. The van der Waals surface area contributed by atoms with E-state index < -0.39 is 0 Å². The number of hydrogen-bond donors (Lipinski definition) is 2. The van der Waals surface area contributed by atoms with Gasteiger partial charge in [0.25, 0.3) is 0 Å². The molecule has 0 aliphatic carbocycles. The first kappa shape index (κ1) is 15.2. The lowest BCUT2D eigenvalue weighted by atomic mass is 10.0. The Morgan fingerprint density at radius 2 is 1.29 bits per heavy atom. The molecule has 0 aromatic heterocycles. The minimum Gasteiger partial charge on any atom is -0.507 e. The minimum atomic E-state index is 0.190. The first-order valence-corrected chi connectivity index (χ1v) is 8.63. The highest BCUT2D eigenvalue weighted by Crippen LogP contribution is 2.46. The third-order valence-electron chi connectivity index (χ3n) is 4.00. The largest absolute Gasteiger partial charge is 0.507 e. The highest BCUT2D eigenvalue weighted by molar-refractivity contribution is 7.99. The van der Waals surface area contributed by atoms with E-state index in [1.165, 1.54) is 11.8 Å². The standard InChI is InChI=1S/C20H13ClO2S/c21-12-8-10-13(11-9-12)24-17-7-3-6-16-18(17)20(23)15-5-2-1-4-14(15)19(16)22/h1-11,22-23H. The summed E-state index contributed by atoms with van der Waals surface area (Å²) in [5, 5.41) is 24.7. The van der Waals surface area contributed by atoms with Crippen LogP contribution in [-0.2, 0) is 0 Å². The molecule has 4 rings (SSSR count). The first-order valence-electron chi connectivity index (χ1n) is 7.44. The van der Waals surface area contributed by atoms with Gasteiger partial charge in [-0.15, -0.1) is 0 Å². The lowest BCUT2D eigenvalue weighted by molar-refractivity contribution is 0.478. The molecule has 0 aliphatic rings. The van der Waals surface area contributed by atoms with Gasteiger partial charge in [-0.25, -0.2) is 0 Å². The molecule has 24 heavy (non-hydrogen) atoms. The van der Waals surface area contributed by atoms with Gasteiger partial charge >= 0.3 is 0 Å². The van der Waals surface area contributed by atoms with Crippen molar-refractivity contribution in [2.75, 3.05) is 0 Å². The van der Waals surface area contributed by atoms with Crippen LogP contribution in [-0.4, -0.2) is 10.2 Å². The summed E-state index contributed by atoms with van der Waals surface area (Å²) in [5.41, 5.74) is 0. The van der Waals surface area contributed by atoms with Crippen molar-refractivity contribution in [2.24, 2.45) is 0 Å². The molecule has 4 heteroatoms. The van der Waals surface area contributed by atoms with Crippen molar-refractivity contribution >= 4 is 44.9 Å². The summed E-state index contributed by atoms with van der Waals surface area (Å²) in [6, 6.07) is 20.5. The molecule has 118 valence electrons. The highest BCUT2D eigenvalue weighted by atomic mass is 35.5. The number of hydrogen-bond acceptors (Lipinski definition) is 3. The second-order valence-corrected chi connectivity index (χ2v) is 7.03. The molecule has 0 amide bonds. The van der Waals surface area contributed by atoms with Gasteiger partial charge in [0.15, 0.2) is 0 Å². The van der Waals surface area contributed by atoms with E-state index in [2.05, 4.69) is 0 Å². The Balaban J connectivity index is 1.98. The maximum atomic E-state index is 10.8. The number of phenols is 2. The summed E-state index contributed by atoms with van der Waals surface area (Å²) >= 11 is 7.47. The van der Waals surface area contributed by atoms with E-state index in [0.29, 0.717) is 26.6 Å². The van der Waals surface area contributed by atoms with Crippen molar-refractivity contribution < 1.29 is 10.2 Å². The molecular formula is C20H13ClO2S. The van der Waals surface area contributed by atoms with Crippen molar-refractivity contribution in [3.05, 3.63) is 71.8 Å². The maximum Gasteiger partial charge on any atom is 0.132 e. The number of rotatable bonds is 2. The maximum absolute atomic E-state index is 10.8. The van der Waals surface area contributed by atoms with E-state index >= 15 is 0 Å². The Hall–Kier alpha value is -2.36. The first-order chi connectivity index (χ1) is 11.6. The fourth-order valence-electron chi connectivity index (χ4n) is 2.86. The summed E-state index contributed by atoms with van der Waals surface area (Å²) in [6.07, 6.45) is 0. The fraction of sp³-hybridized carbons (Fsp3) is 0. The number of halogens is 1. The Morgan fingerprint density at radius 1 is 0.667 bits per heavy atom. The molecule has 0 saturated carbocycles. The van der Waals surface area contributed by atoms with Crippen LogP contribution in [0.5, 0.6) is 11.5 Å². The van der Waals surface area contributed by atoms with Gasteiger partial charge in [0, 0.05) is 36.4 Å². The Labute approximate surface area is 148 Å². The predicted octanol–water partition coefficient (Wildman–Crippen LogP) is 6.21. The summed E-state index contributed by atoms with van der Waals surface area (Å²) in [6.45, 7) is 0. The van der Waals surface area contributed by atoms with Crippen LogP contribution in [0, 0.1) is 0 Å². The second-order valence-electron chi connectivity index (χ2n) is 5.48. The van der Waals surface area contributed by atoms with Gasteiger partial charge in [-0.05, 0) is 30.3 Å². The average molecular weight is 353 g/mol. The van der Waals surface area contributed by atoms with Crippen molar-refractivity contribution in [2.45, 2.75) is 9.79 Å². The van der Waals surface area contributed by atoms with E-state index in [9.17, 15) is 10.2 Å². The smallest absolute Gasteiger partial charge is 0.132 e. The molecule has 4 aromatic carbocycles. The van der Waals surface area contributed by atoms with Crippen molar-refractivity contribution in [3.63, 3.8) is 0 Å². The summed E-state index contributed by atoms with van der Waals surface area (Å²) < 4.78 is 0. The molecule has 0 radical (unpaired) electrons. The van der Waals surface area contributed by atoms with Gasteiger partial charge in [0.1, 0.15) is 11.5 Å². The number of phenolic OH excluding ortho intramolecular Hbond substituents is 2. The zero-order chi connectivity index (χ0) is 16.7. The third-order valence-corrected chi connectivity index (χ3v) is 5.32. The van der Waals surface area contributed by atoms with E-state index in [-0.39, 0.29) is 11.5 Å². The Kier molecular flexibility index (Phi) is 3.75. The molecule has 0 heterocycles. The van der Waals surface area contributed by atoms with Crippen LogP contribution >= 0.6 is 23.4 Å². The van der Waals surface area contributed by atoms with E-state index in [4.69, 9.17) is 11.6 Å². The lowest BCUT2D eigenvalue weighted by Gasteiger charge is -2.13. The van der Waals surface area contributed by atoms with Crippen LogP contribution in [0.1, 0.15) is 0 Å². The predicted molar refractivity (Wildman–Crippen MR) is 100 cm³/mol. The van der Waals surface area contributed by atoms with Crippen molar-refractivity contribution in [1.29, 1.82) is 0 Å². The highest BCUT2D eigenvalue weighted by Gasteiger charge is 2.15. The fourth-order valence-corrected chi connectivity index (χ4v) is 3.97. The van der Waals surface area contributed by atoms with Crippen LogP contribution in [0.25, 0.3) is 21.5 Å². The average Bonchev–Trinajstić information content (AvgIpc) is 2.61. The zero-order valence-corrected chi connectivity index (χ0v) is 14.1. The van der Waals surface area contributed by atoms with Gasteiger partial charge in [0.05, 0.1) is 0 Å². The van der Waals surface area contributed by atoms with Gasteiger partial charge in [-0.1, -0.05) is 59.8 Å². The Morgan fingerprint density at radius 3 is 2.00 bits per heavy atom. The molecule has 2 nitrogen and oxygen atoms in total. The van der Waals surface area contributed by atoms with Gasteiger partial charge in [-0.2, -0.15) is 0 Å². The monoisotopic (exact) mass is 352 g/mol. The quantitative estimate of drug-likeness (QED) is 0.333. The van der Waals surface area contributed by atoms with Crippen LogP contribution in [0.2, 0.25) is 5.02 Å². The summed E-state index contributed by atoms with van der Waals surface area (Å²) in [7, 11) is 0. The molecule has 4 aromatic rings. The van der Waals surface area contributed by atoms with E-state index in [1.54, 1.807) is 0 Å². The minimum absolute atomic E-state index is 0.190. The Bertz CT molecular complexity index is 1060. The molecule has 0 saturated heterocycles. The molecular weight excluding hydrogens is 340 g/mol. The van der Waals surface area contributed by atoms with Gasteiger partial charge in [0.2, 0.25) is 0 Å². The normalized spacial score (nSPS) is 11.2. The summed E-state index contributed by atoms with van der Waals surface area (Å²) in [4.78, 5) is 1.90. The van der Waals surface area contributed by atoms with Crippen molar-refractivity contribution in [1.82, 2.24) is 0 Å². The molecule has 0 atom stereocenters. The topological polar surface area (TPSA) is 40.5 Å².